The van der Waals surface area contributed by atoms with Gasteiger partial charge >= 0.3 is 0 Å². The van der Waals surface area contributed by atoms with Gasteiger partial charge in [0.1, 0.15) is 5.01 Å². The molecule has 0 fully saturated rings. The van der Waals surface area contributed by atoms with Crippen LogP contribution in [0.3, 0.4) is 0 Å². The molecule has 0 spiro atoms. The van der Waals surface area contributed by atoms with Gasteiger partial charge in [-0.25, -0.2) is 4.98 Å². The maximum Gasteiger partial charge on any atom is 0.161 e. The molecule has 3 aromatic rings. The molecule has 0 radical (unpaired) electrons. The Bertz CT molecular complexity index is 899. The molecule has 0 aliphatic carbocycles. The summed E-state index contributed by atoms with van der Waals surface area (Å²) in [5, 5.41) is 5.66. The van der Waals surface area contributed by atoms with Gasteiger partial charge in [0.15, 0.2) is 11.5 Å². The smallest absolute Gasteiger partial charge is 0.161 e. The van der Waals surface area contributed by atoms with Crippen LogP contribution in [0.5, 0.6) is 11.5 Å². The van der Waals surface area contributed by atoms with Crippen molar-refractivity contribution in [3.05, 3.63) is 63.2 Å². The van der Waals surface area contributed by atoms with Gasteiger partial charge in [-0.05, 0) is 41.5 Å². The predicted octanol–water partition coefficient (Wildman–Crippen LogP) is 5.42. The van der Waals surface area contributed by atoms with Crippen LogP contribution in [0.2, 0.25) is 10.0 Å². The Kier molecular flexibility index (Phi) is 6.38. The largest absolute Gasteiger partial charge is 0.493 e. The monoisotopic (exact) mass is 408 g/mol. The molecule has 0 aliphatic rings. The van der Waals surface area contributed by atoms with Gasteiger partial charge < -0.3 is 14.8 Å². The molecule has 0 amide bonds. The van der Waals surface area contributed by atoms with E-state index < -0.39 is 0 Å². The molecule has 136 valence electrons. The maximum atomic E-state index is 6.19. The van der Waals surface area contributed by atoms with Crippen LogP contribution in [0.1, 0.15) is 10.6 Å². The van der Waals surface area contributed by atoms with Crippen LogP contribution in [0, 0.1) is 0 Å². The van der Waals surface area contributed by atoms with Crippen molar-refractivity contribution >= 4 is 34.5 Å². The summed E-state index contributed by atoms with van der Waals surface area (Å²) in [5.41, 5.74) is 2.06. The molecule has 4 nitrogen and oxygen atoms in total. The van der Waals surface area contributed by atoms with Crippen molar-refractivity contribution in [3.63, 3.8) is 0 Å². The van der Waals surface area contributed by atoms with E-state index >= 15 is 0 Å². The molecule has 7 heteroatoms. The van der Waals surface area contributed by atoms with Crippen molar-refractivity contribution in [2.75, 3.05) is 14.2 Å². The van der Waals surface area contributed by atoms with E-state index in [9.17, 15) is 0 Å². The second kappa shape index (κ2) is 8.73. The van der Waals surface area contributed by atoms with Crippen molar-refractivity contribution in [3.8, 4) is 21.9 Å². The van der Waals surface area contributed by atoms with Crippen molar-refractivity contribution in [2.45, 2.75) is 13.1 Å². The Balaban J connectivity index is 1.64. The number of nitrogens with one attached hydrogen (secondary N) is 1. The van der Waals surface area contributed by atoms with E-state index in [1.54, 1.807) is 31.6 Å². The molecule has 0 atom stereocenters. The first-order valence-electron chi connectivity index (χ1n) is 7.92. The molecule has 1 heterocycles. The number of nitrogens with zero attached hydrogens (tertiary/aromatic N) is 1. The molecular formula is C19H18Cl2N2O2S. The topological polar surface area (TPSA) is 43.4 Å². The number of hydrogen-bond donors (Lipinski definition) is 1. The highest BCUT2D eigenvalue weighted by Gasteiger charge is 2.09. The van der Waals surface area contributed by atoms with E-state index in [1.165, 1.54) is 0 Å². The molecule has 3 rings (SSSR count). The Hall–Kier alpha value is -1.79. The summed E-state index contributed by atoms with van der Waals surface area (Å²) >= 11 is 13.7. The number of halogens is 2. The SMILES string of the molecule is COc1ccc(-c2cnc(CNCc3ccc(Cl)cc3Cl)s2)cc1OC. The Morgan fingerprint density at radius 3 is 2.54 bits per heavy atom. The summed E-state index contributed by atoms with van der Waals surface area (Å²) in [7, 11) is 3.26. The Labute approximate surface area is 166 Å². The lowest BCUT2D eigenvalue weighted by atomic mass is 10.2. The van der Waals surface area contributed by atoms with E-state index in [-0.39, 0.29) is 0 Å². The van der Waals surface area contributed by atoms with Gasteiger partial charge in [0.05, 0.1) is 19.1 Å². The molecule has 0 aliphatic heterocycles. The molecule has 0 saturated heterocycles. The molecule has 0 bridgehead atoms. The van der Waals surface area contributed by atoms with E-state index in [2.05, 4.69) is 10.3 Å². The number of ether oxygens (including phenoxy) is 2. The minimum absolute atomic E-state index is 0.637. The maximum absolute atomic E-state index is 6.19. The minimum Gasteiger partial charge on any atom is -0.493 e. The lowest BCUT2D eigenvalue weighted by Gasteiger charge is -2.08. The zero-order valence-corrected chi connectivity index (χ0v) is 16.7. The van der Waals surface area contributed by atoms with Crippen molar-refractivity contribution in [1.82, 2.24) is 10.3 Å². The first kappa shape index (κ1) is 19.0. The van der Waals surface area contributed by atoms with Crippen LogP contribution in [-0.2, 0) is 13.1 Å². The predicted molar refractivity (Wildman–Crippen MR) is 108 cm³/mol. The highest BCUT2D eigenvalue weighted by molar-refractivity contribution is 7.15. The van der Waals surface area contributed by atoms with Crippen molar-refractivity contribution in [1.29, 1.82) is 0 Å². The number of aromatic nitrogens is 1. The van der Waals surface area contributed by atoms with Crippen molar-refractivity contribution < 1.29 is 9.47 Å². The fraction of sp³-hybridized carbons (Fsp3) is 0.211. The molecule has 0 unspecified atom stereocenters. The van der Waals surface area contributed by atoms with Crippen LogP contribution in [0.25, 0.3) is 10.4 Å². The highest BCUT2D eigenvalue weighted by Crippen LogP contribution is 2.34. The van der Waals surface area contributed by atoms with E-state index in [4.69, 9.17) is 32.7 Å². The first-order chi connectivity index (χ1) is 12.6. The van der Waals surface area contributed by atoms with Gasteiger partial charge in [-0.3, -0.25) is 0 Å². The molecule has 26 heavy (non-hydrogen) atoms. The molecule has 1 aromatic heterocycles. The summed E-state index contributed by atoms with van der Waals surface area (Å²) in [6.07, 6.45) is 1.87. The van der Waals surface area contributed by atoms with Gasteiger partial charge in [-0.1, -0.05) is 29.3 Å². The average Bonchev–Trinajstić information content (AvgIpc) is 3.12. The Morgan fingerprint density at radius 2 is 1.81 bits per heavy atom. The lowest BCUT2D eigenvalue weighted by Crippen LogP contribution is -2.12. The van der Waals surface area contributed by atoms with E-state index in [1.807, 2.05) is 36.5 Å². The van der Waals surface area contributed by atoms with Crippen LogP contribution >= 0.6 is 34.5 Å². The minimum atomic E-state index is 0.637. The van der Waals surface area contributed by atoms with Crippen LogP contribution in [0.15, 0.2) is 42.6 Å². The van der Waals surface area contributed by atoms with Crippen LogP contribution < -0.4 is 14.8 Å². The van der Waals surface area contributed by atoms with Crippen LogP contribution in [-0.4, -0.2) is 19.2 Å². The lowest BCUT2D eigenvalue weighted by molar-refractivity contribution is 0.355. The summed E-state index contributed by atoms with van der Waals surface area (Å²) < 4.78 is 10.6. The second-order valence-corrected chi connectivity index (χ2v) is 7.49. The zero-order chi connectivity index (χ0) is 18.5. The molecular weight excluding hydrogens is 391 g/mol. The number of methoxy groups -OCH3 is 2. The van der Waals surface area contributed by atoms with Gasteiger partial charge in [-0.15, -0.1) is 11.3 Å². The third-order valence-corrected chi connectivity index (χ3v) is 5.46. The molecule has 1 N–H and O–H groups in total. The number of hydrogen-bond acceptors (Lipinski definition) is 5. The first-order valence-corrected chi connectivity index (χ1v) is 9.49. The van der Waals surface area contributed by atoms with Gasteiger partial charge in [0.25, 0.3) is 0 Å². The zero-order valence-electron chi connectivity index (χ0n) is 14.4. The summed E-state index contributed by atoms with van der Waals surface area (Å²) in [4.78, 5) is 5.56. The standard InChI is InChI=1S/C19H18Cl2N2O2S/c1-24-16-6-4-12(7-17(16)25-2)18-10-23-19(26-18)11-22-9-13-3-5-14(20)8-15(13)21/h3-8,10,22H,9,11H2,1-2H3. The molecule has 2 aromatic carbocycles. The number of rotatable bonds is 7. The highest BCUT2D eigenvalue weighted by atomic mass is 35.5. The van der Waals surface area contributed by atoms with Gasteiger partial charge in [0.2, 0.25) is 0 Å². The fourth-order valence-corrected chi connectivity index (χ4v) is 3.84. The quantitative estimate of drug-likeness (QED) is 0.566. The van der Waals surface area contributed by atoms with Gasteiger partial charge in [-0.2, -0.15) is 0 Å². The third-order valence-electron chi connectivity index (χ3n) is 3.83. The summed E-state index contributed by atoms with van der Waals surface area (Å²) in [5.74, 6) is 1.41. The molecule has 0 saturated carbocycles. The number of benzene rings is 2. The number of thiazole rings is 1. The fourth-order valence-electron chi connectivity index (χ4n) is 2.48. The van der Waals surface area contributed by atoms with E-state index in [0.717, 1.165) is 21.0 Å². The van der Waals surface area contributed by atoms with Gasteiger partial charge in [0, 0.05) is 29.3 Å². The van der Waals surface area contributed by atoms with E-state index in [0.29, 0.717) is 34.6 Å². The average molecular weight is 409 g/mol. The normalized spacial score (nSPS) is 10.8. The Morgan fingerprint density at radius 1 is 1.00 bits per heavy atom. The summed E-state index contributed by atoms with van der Waals surface area (Å²) in [6.45, 7) is 1.32. The van der Waals surface area contributed by atoms with Crippen molar-refractivity contribution in [2.24, 2.45) is 0 Å². The second-order valence-electron chi connectivity index (χ2n) is 5.53. The van der Waals surface area contributed by atoms with Crippen LogP contribution in [0.4, 0.5) is 0 Å². The summed E-state index contributed by atoms with van der Waals surface area (Å²) in [6, 6.07) is 11.4. The third kappa shape index (κ3) is 4.48.